The van der Waals surface area contributed by atoms with Crippen LogP contribution < -0.4 is 0 Å². The summed E-state index contributed by atoms with van der Waals surface area (Å²) in [7, 11) is 0. The Hall–Kier alpha value is -2.50. The molecule has 1 atom stereocenters. The van der Waals surface area contributed by atoms with Crippen molar-refractivity contribution in [2.45, 2.75) is 39.7 Å². The molecule has 26 heavy (non-hydrogen) atoms. The Kier molecular flexibility index (Phi) is 5.49. The van der Waals surface area contributed by atoms with Gasteiger partial charge in [0, 0.05) is 38.6 Å². The third kappa shape index (κ3) is 3.69. The zero-order valence-corrected chi connectivity index (χ0v) is 15.8. The van der Waals surface area contributed by atoms with Crippen molar-refractivity contribution >= 4 is 11.8 Å². The fourth-order valence-electron chi connectivity index (χ4n) is 3.63. The maximum atomic E-state index is 13.0. The maximum Gasteiger partial charge on any atom is 0.257 e. The molecule has 2 aromatic heterocycles. The second kappa shape index (κ2) is 7.81. The monoisotopic (exact) mass is 357 g/mol. The van der Waals surface area contributed by atoms with Crippen LogP contribution in [0.5, 0.6) is 0 Å². The molecule has 2 amide bonds. The topological polar surface area (TPSA) is 58.7 Å². The summed E-state index contributed by atoms with van der Waals surface area (Å²) >= 11 is 0. The molecule has 1 fully saturated rings. The molecule has 1 unspecified atom stereocenters. The van der Waals surface area contributed by atoms with E-state index in [2.05, 4.69) is 0 Å². The van der Waals surface area contributed by atoms with Gasteiger partial charge in [-0.15, -0.1) is 0 Å². The number of nitrogens with zero attached hydrogens (tertiary/aromatic N) is 3. The number of aryl methyl sites for hydroxylation is 2. The molecule has 3 rings (SSSR count). The van der Waals surface area contributed by atoms with Gasteiger partial charge in [0.15, 0.2) is 0 Å². The van der Waals surface area contributed by atoms with Crippen LogP contribution in [0.2, 0.25) is 0 Å². The van der Waals surface area contributed by atoms with Gasteiger partial charge in [-0.1, -0.05) is 6.92 Å². The number of rotatable bonds is 4. The van der Waals surface area contributed by atoms with E-state index in [1.165, 1.54) is 0 Å². The van der Waals surface area contributed by atoms with Gasteiger partial charge in [0.1, 0.15) is 17.6 Å². The van der Waals surface area contributed by atoms with Crippen LogP contribution in [0.25, 0.3) is 0 Å². The van der Waals surface area contributed by atoms with Crippen molar-refractivity contribution in [1.29, 1.82) is 0 Å². The van der Waals surface area contributed by atoms with Crippen molar-refractivity contribution in [2.24, 2.45) is 0 Å². The van der Waals surface area contributed by atoms with Crippen LogP contribution in [0.3, 0.4) is 0 Å². The maximum absolute atomic E-state index is 13.0. The zero-order valence-electron chi connectivity index (χ0n) is 15.8. The van der Waals surface area contributed by atoms with Crippen molar-refractivity contribution in [3.63, 3.8) is 0 Å². The number of carbonyl (C=O) groups is 2. The molecule has 0 aromatic carbocycles. The van der Waals surface area contributed by atoms with Gasteiger partial charge in [0.2, 0.25) is 5.91 Å². The molecule has 0 bridgehead atoms. The minimum atomic E-state index is -0.175. The van der Waals surface area contributed by atoms with E-state index >= 15 is 0 Å². The van der Waals surface area contributed by atoms with E-state index in [1.54, 1.807) is 6.07 Å². The molecule has 6 nitrogen and oxygen atoms in total. The Morgan fingerprint density at radius 1 is 1.08 bits per heavy atom. The van der Waals surface area contributed by atoms with Crippen LogP contribution in [0.1, 0.15) is 47.7 Å². The van der Waals surface area contributed by atoms with Crippen molar-refractivity contribution in [2.75, 3.05) is 26.2 Å². The number of amides is 2. The second-order valence-corrected chi connectivity index (χ2v) is 6.85. The van der Waals surface area contributed by atoms with Gasteiger partial charge in [-0.3, -0.25) is 9.59 Å². The lowest BCUT2D eigenvalue weighted by Gasteiger charge is -2.26. The highest BCUT2D eigenvalue weighted by molar-refractivity contribution is 5.95. The molecule has 0 spiro atoms. The third-order valence-corrected chi connectivity index (χ3v) is 5.03. The van der Waals surface area contributed by atoms with E-state index in [-0.39, 0.29) is 17.9 Å². The molecule has 1 saturated heterocycles. The fourth-order valence-corrected chi connectivity index (χ4v) is 3.63. The average Bonchev–Trinajstić information content (AvgIpc) is 3.17. The van der Waals surface area contributed by atoms with Crippen LogP contribution in [0.15, 0.2) is 35.0 Å². The summed E-state index contributed by atoms with van der Waals surface area (Å²) in [4.78, 5) is 29.5. The van der Waals surface area contributed by atoms with Gasteiger partial charge in [0.25, 0.3) is 5.91 Å². The van der Waals surface area contributed by atoms with Gasteiger partial charge in [0.05, 0.1) is 5.56 Å². The number of carbonyl (C=O) groups excluding carboxylic acids is 2. The standard InChI is InChI=1S/C20H27N3O3/c1-4-18(21-8-5-6-9-21)20(25)23-11-7-10-22(12-13-23)19(24)17-14-15(2)26-16(17)3/h5-6,8-9,14,18H,4,7,10-13H2,1-3H3. The Balaban J connectivity index is 1.67. The molecule has 0 aliphatic carbocycles. The van der Waals surface area contributed by atoms with E-state index in [9.17, 15) is 9.59 Å². The lowest BCUT2D eigenvalue weighted by molar-refractivity contribution is -0.134. The molecule has 6 heteroatoms. The minimum absolute atomic E-state index is 0.00824. The number of hydrogen-bond donors (Lipinski definition) is 0. The number of hydrogen-bond acceptors (Lipinski definition) is 3. The highest BCUT2D eigenvalue weighted by Gasteiger charge is 2.28. The molecular weight excluding hydrogens is 330 g/mol. The quantitative estimate of drug-likeness (QED) is 0.845. The first kappa shape index (κ1) is 18.3. The predicted molar refractivity (Wildman–Crippen MR) is 99.0 cm³/mol. The molecule has 140 valence electrons. The summed E-state index contributed by atoms with van der Waals surface area (Å²) in [6, 6.07) is 5.50. The van der Waals surface area contributed by atoms with E-state index < -0.39 is 0 Å². The number of aromatic nitrogens is 1. The van der Waals surface area contributed by atoms with Gasteiger partial charge >= 0.3 is 0 Å². The summed E-state index contributed by atoms with van der Waals surface area (Å²) in [5, 5.41) is 0. The van der Waals surface area contributed by atoms with Crippen molar-refractivity contribution in [3.05, 3.63) is 47.7 Å². The lowest BCUT2D eigenvalue weighted by Crippen LogP contribution is -2.40. The summed E-state index contributed by atoms with van der Waals surface area (Å²) in [5.41, 5.74) is 0.626. The summed E-state index contributed by atoms with van der Waals surface area (Å²) in [6.45, 7) is 8.15. The normalized spacial score (nSPS) is 16.4. The van der Waals surface area contributed by atoms with Crippen LogP contribution >= 0.6 is 0 Å². The molecule has 3 heterocycles. The highest BCUT2D eigenvalue weighted by atomic mass is 16.3. The Bertz CT molecular complexity index is 763. The van der Waals surface area contributed by atoms with Crippen LogP contribution in [0, 0.1) is 13.8 Å². The third-order valence-electron chi connectivity index (χ3n) is 5.03. The predicted octanol–water partition coefficient (Wildman–Crippen LogP) is 3.02. The minimum Gasteiger partial charge on any atom is -0.466 e. The van der Waals surface area contributed by atoms with Gasteiger partial charge in [-0.2, -0.15) is 0 Å². The molecule has 1 aliphatic rings. The number of furan rings is 1. The van der Waals surface area contributed by atoms with E-state index in [4.69, 9.17) is 4.42 Å². The van der Waals surface area contributed by atoms with Crippen LogP contribution in [-0.4, -0.2) is 52.4 Å². The largest absolute Gasteiger partial charge is 0.466 e. The van der Waals surface area contributed by atoms with Gasteiger partial charge in [-0.25, -0.2) is 0 Å². The lowest BCUT2D eigenvalue weighted by atomic mass is 10.2. The molecular formula is C20H27N3O3. The van der Waals surface area contributed by atoms with Gasteiger partial charge < -0.3 is 18.8 Å². The Labute approximate surface area is 154 Å². The summed E-state index contributed by atoms with van der Waals surface area (Å²) in [6.07, 6.45) is 5.41. The SMILES string of the molecule is CCC(C(=O)N1CCCN(C(=O)c2cc(C)oc2C)CC1)n1cccc1. The van der Waals surface area contributed by atoms with E-state index in [0.29, 0.717) is 37.5 Å². The second-order valence-electron chi connectivity index (χ2n) is 6.85. The average molecular weight is 357 g/mol. The molecule has 0 radical (unpaired) electrons. The van der Waals surface area contributed by atoms with Crippen molar-refractivity contribution in [1.82, 2.24) is 14.4 Å². The summed E-state index contributed by atoms with van der Waals surface area (Å²) < 4.78 is 7.46. The highest BCUT2D eigenvalue weighted by Crippen LogP contribution is 2.19. The van der Waals surface area contributed by atoms with Crippen molar-refractivity contribution in [3.8, 4) is 0 Å². The van der Waals surface area contributed by atoms with Crippen LogP contribution in [0.4, 0.5) is 0 Å². The molecule has 2 aromatic rings. The van der Waals surface area contributed by atoms with Gasteiger partial charge in [-0.05, 0) is 44.9 Å². The van der Waals surface area contributed by atoms with E-state index in [1.807, 2.05) is 59.7 Å². The molecule has 0 saturated carbocycles. The van der Waals surface area contributed by atoms with Crippen LogP contribution in [-0.2, 0) is 4.79 Å². The van der Waals surface area contributed by atoms with E-state index in [0.717, 1.165) is 18.6 Å². The smallest absolute Gasteiger partial charge is 0.257 e. The summed E-state index contributed by atoms with van der Waals surface area (Å²) in [5.74, 6) is 1.53. The fraction of sp³-hybridized carbons (Fsp3) is 0.500. The Morgan fingerprint density at radius 2 is 1.73 bits per heavy atom. The molecule has 1 aliphatic heterocycles. The molecule has 0 N–H and O–H groups in total. The first-order valence-electron chi connectivity index (χ1n) is 9.28. The first-order chi connectivity index (χ1) is 12.5. The first-order valence-corrected chi connectivity index (χ1v) is 9.28. The zero-order chi connectivity index (χ0) is 18.7. The Morgan fingerprint density at radius 3 is 2.35 bits per heavy atom. The van der Waals surface area contributed by atoms with Crippen molar-refractivity contribution < 1.29 is 14.0 Å².